The van der Waals surface area contributed by atoms with Crippen LogP contribution in [0.3, 0.4) is 0 Å². The minimum Gasteiger partial charge on any atom is -0.465 e. The molecule has 2 rings (SSSR count). The Morgan fingerprint density at radius 2 is 2.33 bits per heavy atom. The third kappa shape index (κ3) is 1.60. The number of carbonyl (C=O) groups is 1. The molecule has 0 radical (unpaired) electrons. The van der Waals surface area contributed by atoms with E-state index in [1.165, 1.54) is 18.4 Å². The van der Waals surface area contributed by atoms with E-state index >= 15 is 0 Å². The van der Waals surface area contributed by atoms with E-state index < -0.39 is 0 Å². The van der Waals surface area contributed by atoms with Crippen LogP contribution in [-0.4, -0.2) is 18.1 Å². The number of hydrogen-bond donors (Lipinski definition) is 0. The SMILES string of the molecule is COC(=O)c1sc2ccnc(Cl)c2c1C. The molecule has 0 aliphatic rings. The summed E-state index contributed by atoms with van der Waals surface area (Å²) in [5.74, 6) is -0.329. The molecule has 0 fully saturated rings. The third-order valence-corrected chi connectivity index (χ3v) is 3.69. The Morgan fingerprint density at radius 3 is 2.93 bits per heavy atom. The monoisotopic (exact) mass is 241 g/mol. The highest BCUT2D eigenvalue weighted by molar-refractivity contribution is 7.21. The number of aryl methyl sites for hydroxylation is 1. The van der Waals surface area contributed by atoms with Crippen molar-refractivity contribution in [3.63, 3.8) is 0 Å². The maximum Gasteiger partial charge on any atom is 0.348 e. The quantitative estimate of drug-likeness (QED) is 0.569. The predicted octanol–water partition coefficient (Wildman–Crippen LogP) is 3.04. The van der Waals surface area contributed by atoms with Gasteiger partial charge in [0.05, 0.1) is 7.11 Å². The Morgan fingerprint density at radius 1 is 1.60 bits per heavy atom. The van der Waals surface area contributed by atoms with Crippen molar-refractivity contribution in [1.82, 2.24) is 4.98 Å². The number of aromatic nitrogens is 1. The standard InChI is InChI=1S/C10H8ClNO2S/c1-5-7-6(3-4-12-9(7)11)15-8(5)10(13)14-2/h3-4H,1-2H3. The summed E-state index contributed by atoms with van der Waals surface area (Å²) >= 11 is 7.34. The molecule has 0 saturated carbocycles. The van der Waals surface area contributed by atoms with E-state index in [4.69, 9.17) is 16.3 Å². The maximum atomic E-state index is 11.4. The summed E-state index contributed by atoms with van der Waals surface area (Å²) in [5.41, 5.74) is 0.833. The highest BCUT2D eigenvalue weighted by atomic mass is 35.5. The number of thiophene rings is 1. The first-order chi connectivity index (χ1) is 7.15. The third-order valence-electron chi connectivity index (χ3n) is 2.16. The second-order valence-corrected chi connectivity index (χ2v) is 4.43. The number of ether oxygens (including phenoxy) is 1. The molecule has 2 aromatic rings. The second kappa shape index (κ2) is 3.79. The lowest BCUT2D eigenvalue weighted by molar-refractivity contribution is 0.0605. The first-order valence-electron chi connectivity index (χ1n) is 4.27. The summed E-state index contributed by atoms with van der Waals surface area (Å²) in [6.07, 6.45) is 1.63. The van der Waals surface area contributed by atoms with Crippen LogP contribution in [0.2, 0.25) is 5.15 Å². The fourth-order valence-electron chi connectivity index (χ4n) is 1.43. The van der Waals surface area contributed by atoms with Gasteiger partial charge in [-0.2, -0.15) is 0 Å². The number of esters is 1. The van der Waals surface area contributed by atoms with Gasteiger partial charge in [0.15, 0.2) is 0 Å². The summed E-state index contributed by atoms with van der Waals surface area (Å²) in [7, 11) is 1.37. The number of hydrogen-bond acceptors (Lipinski definition) is 4. The lowest BCUT2D eigenvalue weighted by Gasteiger charge is -1.96. The van der Waals surface area contributed by atoms with Crippen molar-refractivity contribution in [2.24, 2.45) is 0 Å². The van der Waals surface area contributed by atoms with E-state index in [1.807, 2.05) is 13.0 Å². The molecule has 0 saturated heterocycles. The molecule has 0 aromatic carbocycles. The minimum atomic E-state index is -0.329. The smallest absolute Gasteiger partial charge is 0.348 e. The summed E-state index contributed by atoms with van der Waals surface area (Å²) in [5, 5.41) is 1.26. The van der Waals surface area contributed by atoms with Gasteiger partial charge < -0.3 is 4.74 Å². The number of methoxy groups -OCH3 is 1. The fourth-order valence-corrected chi connectivity index (χ4v) is 2.91. The van der Waals surface area contributed by atoms with Gasteiger partial charge in [-0.15, -0.1) is 11.3 Å². The number of fused-ring (bicyclic) bond motifs is 1. The molecule has 0 atom stereocenters. The Bertz CT molecular complexity index is 535. The average molecular weight is 242 g/mol. The summed E-state index contributed by atoms with van der Waals surface area (Å²) in [6, 6.07) is 1.84. The van der Waals surface area contributed by atoms with Gasteiger partial charge >= 0.3 is 5.97 Å². The van der Waals surface area contributed by atoms with Crippen LogP contribution in [0.4, 0.5) is 0 Å². The molecule has 3 nitrogen and oxygen atoms in total. The highest BCUT2D eigenvalue weighted by Gasteiger charge is 2.17. The van der Waals surface area contributed by atoms with Crippen LogP contribution < -0.4 is 0 Å². The second-order valence-electron chi connectivity index (χ2n) is 3.02. The molecule has 78 valence electrons. The van der Waals surface area contributed by atoms with Crippen molar-refractivity contribution in [2.45, 2.75) is 6.92 Å². The number of pyridine rings is 1. The summed E-state index contributed by atoms with van der Waals surface area (Å²) in [4.78, 5) is 16.0. The molecule has 0 aliphatic carbocycles. The van der Waals surface area contributed by atoms with Crippen LogP contribution in [0.5, 0.6) is 0 Å². The maximum absolute atomic E-state index is 11.4. The van der Waals surface area contributed by atoms with E-state index in [9.17, 15) is 4.79 Å². The van der Waals surface area contributed by atoms with Gasteiger partial charge in [-0.1, -0.05) is 11.6 Å². The van der Waals surface area contributed by atoms with Crippen molar-refractivity contribution in [3.05, 3.63) is 27.9 Å². The molecule has 0 unspecified atom stereocenters. The van der Waals surface area contributed by atoms with E-state index in [0.29, 0.717) is 10.0 Å². The van der Waals surface area contributed by atoms with Crippen LogP contribution in [-0.2, 0) is 4.74 Å². The van der Waals surface area contributed by atoms with Gasteiger partial charge in [0.25, 0.3) is 0 Å². The number of nitrogens with zero attached hydrogens (tertiary/aromatic N) is 1. The van der Waals surface area contributed by atoms with Crippen molar-refractivity contribution < 1.29 is 9.53 Å². The average Bonchev–Trinajstić information content (AvgIpc) is 2.56. The number of carbonyl (C=O) groups excluding carboxylic acids is 1. The van der Waals surface area contributed by atoms with Crippen molar-refractivity contribution in [1.29, 1.82) is 0 Å². The Labute approximate surface area is 95.6 Å². The van der Waals surface area contributed by atoms with E-state index in [-0.39, 0.29) is 5.97 Å². The molecular formula is C10H8ClNO2S. The zero-order chi connectivity index (χ0) is 11.0. The minimum absolute atomic E-state index is 0.329. The van der Waals surface area contributed by atoms with Gasteiger partial charge in [0.1, 0.15) is 10.0 Å². The van der Waals surface area contributed by atoms with Gasteiger partial charge in [-0.25, -0.2) is 9.78 Å². The predicted molar refractivity (Wildman–Crippen MR) is 60.7 cm³/mol. The normalized spacial score (nSPS) is 10.6. The molecule has 0 aliphatic heterocycles. The van der Waals surface area contributed by atoms with Gasteiger partial charge in [-0.3, -0.25) is 0 Å². The van der Waals surface area contributed by atoms with Crippen molar-refractivity contribution in [2.75, 3.05) is 7.11 Å². The van der Waals surface area contributed by atoms with Gasteiger partial charge in [-0.05, 0) is 18.6 Å². The lowest BCUT2D eigenvalue weighted by atomic mass is 10.2. The van der Waals surface area contributed by atoms with Crippen LogP contribution in [0, 0.1) is 6.92 Å². The largest absolute Gasteiger partial charge is 0.465 e. The van der Waals surface area contributed by atoms with E-state index in [2.05, 4.69) is 4.98 Å². The Balaban J connectivity index is 2.75. The molecule has 2 aromatic heterocycles. The molecule has 0 bridgehead atoms. The first kappa shape index (κ1) is 10.4. The Hall–Kier alpha value is -1.13. The van der Waals surface area contributed by atoms with Crippen LogP contribution in [0.15, 0.2) is 12.3 Å². The molecule has 15 heavy (non-hydrogen) atoms. The van der Waals surface area contributed by atoms with Crippen LogP contribution in [0.1, 0.15) is 15.2 Å². The number of halogens is 1. The molecule has 2 heterocycles. The number of rotatable bonds is 1. The van der Waals surface area contributed by atoms with E-state index in [1.54, 1.807) is 6.20 Å². The van der Waals surface area contributed by atoms with Gasteiger partial charge in [0.2, 0.25) is 0 Å². The molecular weight excluding hydrogens is 234 g/mol. The van der Waals surface area contributed by atoms with Crippen LogP contribution >= 0.6 is 22.9 Å². The zero-order valence-electron chi connectivity index (χ0n) is 8.20. The molecule has 5 heteroatoms. The van der Waals surface area contributed by atoms with Crippen molar-refractivity contribution in [3.8, 4) is 0 Å². The molecule has 0 N–H and O–H groups in total. The van der Waals surface area contributed by atoms with Gasteiger partial charge in [0, 0.05) is 16.3 Å². The molecule has 0 amide bonds. The lowest BCUT2D eigenvalue weighted by Crippen LogP contribution is -1.99. The summed E-state index contributed by atoms with van der Waals surface area (Å²) in [6.45, 7) is 1.85. The first-order valence-corrected chi connectivity index (χ1v) is 5.46. The van der Waals surface area contributed by atoms with E-state index in [0.717, 1.165) is 15.6 Å². The topological polar surface area (TPSA) is 39.2 Å². The fraction of sp³-hybridized carbons (Fsp3) is 0.200. The highest BCUT2D eigenvalue weighted by Crippen LogP contribution is 2.34. The zero-order valence-corrected chi connectivity index (χ0v) is 9.78. The van der Waals surface area contributed by atoms with Crippen molar-refractivity contribution >= 4 is 39.0 Å². The molecule has 0 spiro atoms. The van der Waals surface area contributed by atoms with Crippen LogP contribution in [0.25, 0.3) is 10.1 Å². The Kier molecular flexibility index (Phi) is 2.63. The summed E-state index contributed by atoms with van der Waals surface area (Å²) < 4.78 is 5.65.